The highest BCUT2D eigenvalue weighted by atomic mass is 16.4. The summed E-state index contributed by atoms with van der Waals surface area (Å²) >= 11 is 0. The number of nitrogens with one attached hydrogen (secondary N) is 1. The lowest BCUT2D eigenvalue weighted by atomic mass is 9.84. The van der Waals surface area contributed by atoms with Gasteiger partial charge in [-0.1, -0.05) is 0 Å². The molecule has 1 fully saturated rings. The average Bonchev–Trinajstić information content (AvgIpc) is 2.06. The van der Waals surface area contributed by atoms with Crippen molar-refractivity contribution in [2.45, 2.75) is 45.1 Å². The fourth-order valence-corrected chi connectivity index (χ4v) is 2.05. The zero-order chi connectivity index (χ0) is 10.6. The smallest absolute Gasteiger partial charge is 0.303 e. The van der Waals surface area contributed by atoms with Crippen LogP contribution in [-0.2, 0) is 9.59 Å². The van der Waals surface area contributed by atoms with Gasteiger partial charge >= 0.3 is 5.97 Å². The maximum Gasteiger partial charge on any atom is 0.303 e. The molecule has 14 heavy (non-hydrogen) atoms. The number of carboxylic acid groups (broad SMARTS) is 1. The average molecular weight is 199 g/mol. The third-order valence-electron chi connectivity index (χ3n) is 2.72. The van der Waals surface area contributed by atoms with Crippen molar-refractivity contribution in [2.24, 2.45) is 5.92 Å². The molecular weight excluding hydrogens is 182 g/mol. The normalized spacial score (nSPS) is 26.9. The van der Waals surface area contributed by atoms with Crippen LogP contribution in [0.5, 0.6) is 0 Å². The van der Waals surface area contributed by atoms with E-state index in [4.69, 9.17) is 5.11 Å². The number of rotatable bonds is 3. The SMILES string of the molecule is CC(=O)N[C@H]1CC[C@@H](CC(=O)O)CC1. The highest BCUT2D eigenvalue weighted by molar-refractivity contribution is 5.73. The van der Waals surface area contributed by atoms with E-state index in [-0.39, 0.29) is 18.4 Å². The molecule has 0 aromatic heterocycles. The van der Waals surface area contributed by atoms with Crippen molar-refractivity contribution in [1.82, 2.24) is 5.32 Å². The van der Waals surface area contributed by atoms with E-state index in [1.165, 1.54) is 6.92 Å². The molecule has 0 heterocycles. The molecule has 0 unspecified atom stereocenters. The monoisotopic (exact) mass is 199 g/mol. The van der Waals surface area contributed by atoms with Crippen LogP contribution in [0.2, 0.25) is 0 Å². The maximum atomic E-state index is 10.8. The Hall–Kier alpha value is -1.06. The van der Waals surface area contributed by atoms with Crippen LogP contribution in [0.3, 0.4) is 0 Å². The van der Waals surface area contributed by atoms with Crippen LogP contribution in [0, 0.1) is 5.92 Å². The van der Waals surface area contributed by atoms with E-state index in [0.29, 0.717) is 5.92 Å². The summed E-state index contributed by atoms with van der Waals surface area (Å²) in [6.07, 6.45) is 3.93. The molecular formula is C10H17NO3. The summed E-state index contributed by atoms with van der Waals surface area (Å²) in [5.74, 6) is -0.405. The molecule has 0 atom stereocenters. The van der Waals surface area contributed by atoms with Crippen LogP contribution in [0.15, 0.2) is 0 Å². The van der Waals surface area contributed by atoms with Gasteiger partial charge in [-0.3, -0.25) is 9.59 Å². The molecule has 1 rings (SSSR count). The first-order valence-electron chi connectivity index (χ1n) is 5.07. The molecule has 0 bridgehead atoms. The first kappa shape index (κ1) is 11.0. The summed E-state index contributed by atoms with van der Waals surface area (Å²) < 4.78 is 0. The molecule has 0 saturated heterocycles. The Kier molecular flexibility index (Phi) is 3.92. The van der Waals surface area contributed by atoms with E-state index >= 15 is 0 Å². The predicted octanol–water partition coefficient (Wildman–Crippen LogP) is 1.16. The Balaban J connectivity index is 2.24. The Bertz CT molecular complexity index is 195. The number of carbonyl (C=O) groups is 2. The summed E-state index contributed by atoms with van der Waals surface area (Å²) in [5.41, 5.74) is 0. The molecule has 0 aliphatic heterocycles. The summed E-state index contributed by atoms with van der Waals surface area (Å²) in [7, 11) is 0. The Morgan fingerprint density at radius 3 is 2.29 bits per heavy atom. The highest BCUT2D eigenvalue weighted by Crippen LogP contribution is 2.26. The van der Waals surface area contributed by atoms with Gasteiger partial charge in [0.15, 0.2) is 0 Å². The Morgan fingerprint density at radius 1 is 1.29 bits per heavy atom. The van der Waals surface area contributed by atoms with E-state index in [2.05, 4.69) is 5.32 Å². The van der Waals surface area contributed by atoms with Crippen LogP contribution in [0.25, 0.3) is 0 Å². The second-order valence-corrected chi connectivity index (χ2v) is 4.02. The zero-order valence-corrected chi connectivity index (χ0v) is 8.45. The van der Waals surface area contributed by atoms with Crippen molar-refractivity contribution in [3.63, 3.8) is 0 Å². The van der Waals surface area contributed by atoms with E-state index in [0.717, 1.165) is 25.7 Å². The molecule has 4 heteroatoms. The van der Waals surface area contributed by atoms with Crippen LogP contribution in [0.4, 0.5) is 0 Å². The van der Waals surface area contributed by atoms with Gasteiger partial charge in [0.1, 0.15) is 0 Å². The lowest BCUT2D eigenvalue weighted by Gasteiger charge is -2.27. The molecule has 0 spiro atoms. The van der Waals surface area contributed by atoms with Gasteiger partial charge < -0.3 is 10.4 Å². The number of aliphatic carboxylic acids is 1. The van der Waals surface area contributed by atoms with Crippen molar-refractivity contribution in [1.29, 1.82) is 0 Å². The molecule has 4 nitrogen and oxygen atoms in total. The zero-order valence-electron chi connectivity index (χ0n) is 8.45. The van der Waals surface area contributed by atoms with Gasteiger partial charge in [-0.2, -0.15) is 0 Å². The van der Waals surface area contributed by atoms with Gasteiger partial charge in [0.2, 0.25) is 5.91 Å². The number of hydrogen-bond donors (Lipinski definition) is 2. The van der Waals surface area contributed by atoms with E-state index in [1.807, 2.05) is 0 Å². The van der Waals surface area contributed by atoms with Gasteiger partial charge in [0.05, 0.1) is 0 Å². The molecule has 1 saturated carbocycles. The minimum absolute atomic E-state index is 0.00619. The van der Waals surface area contributed by atoms with Gasteiger partial charge in [-0.15, -0.1) is 0 Å². The van der Waals surface area contributed by atoms with Crippen molar-refractivity contribution >= 4 is 11.9 Å². The second kappa shape index (κ2) is 4.98. The fourth-order valence-electron chi connectivity index (χ4n) is 2.05. The van der Waals surface area contributed by atoms with Gasteiger partial charge in [0, 0.05) is 19.4 Å². The quantitative estimate of drug-likeness (QED) is 0.716. The van der Waals surface area contributed by atoms with Crippen LogP contribution in [0.1, 0.15) is 39.0 Å². The molecule has 0 radical (unpaired) electrons. The minimum atomic E-state index is -0.715. The van der Waals surface area contributed by atoms with E-state index in [9.17, 15) is 9.59 Å². The molecule has 0 aromatic rings. The van der Waals surface area contributed by atoms with E-state index in [1.54, 1.807) is 0 Å². The van der Waals surface area contributed by atoms with Crippen molar-refractivity contribution in [2.75, 3.05) is 0 Å². The van der Waals surface area contributed by atoms with Crippen LogP contribution >= 0.6 is 0 Å². The molecule has 80 valence electrons. The van der Waals surface area contributed by atoms with Crippen LogP contribution < -0.4 is 5.32 Å². The van der Waals surface area contributed by atoms with Gasteiger partial charge in [0.25, 0.3) is 0 Å². The molecule has 1 amide bonds. The number of carboxylic acids is 1. The second-order valence-electron chi connectivity index (χ2n) is 4.02. The lowest BCUT2D eigenvalue weighted by molar-refractivity contribution is -0.138. The highest BCUT2D eigenvalue weighted by Gasteiger charge is 2.22. The fraction of sp³-hybridized carbons (Fsp3) is 0.800. The molecule has 2 N–H and O–H groups in total. The van der Waals surface area contributed by atoms with Crippen LogP contribution in [-0.4, -0.2) is 23.0 Å². The topological polar surface area (TPSA) is 66.4 Å². The summed E-state index contributed by atoms with van der Waals surface area (Å²) in [6, 6.07) is 0.262. The van der Waals surface area contributed by atoms with Gasteiger partial charge in [-0.05, 0) is 31.6 Å². The number of carbonyl (C=O) groups excluding carboxylic acids is 1. The summed E-state index contributed by atoms with van der Waals surface area (Å²) in [4.78, 5) is 21.2. The first-order chi connectivity index (χ1) is 6.58. The Morgan fingerprint density at radius 2 is 1.86 bits per heavy atom. The third-order valence-corrected chi connectivity index (χ3v) is 2.72. The maximum absolute atomic E-state index is 10.8. The first-order valence-corrected chi connectivity index (χ1v) is 5.07. The Labute approximate surface area is 83.7 Å². The standard InChI is InChI=1S/C10H17NO3/c1-7(12)11-9-4-2-8(3-5-9)6-10(13)14/h8-9H,2-6H2,1H3,(H,11,12)(H,13,14)/t8-,9+. The van der Waals surface area contributed by atoms with E-state index < -0.39 is 5.97 Å². The van der Waals surface area contributed by atoms with Crippen molar-refractivity contribution in [3.8, 4) is 0 Å². The third kappa shape index (κ3) is 3.77. The minimum Gasteiger partial charge on any atom is -0.481 e. The number of hydrogen-bond acceptors (Lipinski definition) is 2. The largest absolute Gasteiger partial charge is 0.481 e. The summed E-state index contributed by atoms with van der Waals surface area (Å²) in [5, 5.41) is 11.5. The lowest BCUT2D eigenvalue weighted by Crippen LogP contribution is -2.36. The van der Waals surface area contributed by atoms with Crippen molar-refractivity contribution in [3.05, 3.63) is 0 Å². The van der Waals surface area contributed by atoms with Gasteiger partial charge in [-0.25, -0.2) is 0 Å². The van der Waals surface area contributed by atoms with Crippen molar-refractivity contribution < 1.29 is 14.7 Å². The molecule has 0 aromatic carbocycles. The molecule has 1 aliphatic carbocycles. The molecule has 1 aliphatic rings. The summed E-state index contributed by atoms with van der Waals surface area (Å²) in [6.45, 7) is 1.52. The number of amides is 1. The predicted molar refractivity (Wildman–Crippen MR) is 51.8 cm³/mol.